The topological polar surface area (TPSA) is 58.6 Å². The molecule has 0 spiro atoms. The molecule has 0 heterocycles. The maximum atomic E-state index is 10.9. The standard InChI is InChI=1S/C9H17NO3/c1-2-13-9(12)10-8(11)7-5-3-4-6-7/h7-8,11H,2-6H2,1H3,(H,10,12). The Hall–Kier alpha value is -0.770. The summed E-state index contributed by atoms with van der Waals surface area (Å²) >= 11 is 0. The minimum Gasteiger partial charge on any atom is -0.450 e. The predicted molar refractivity (Wildman–Crippen MR) is 48.1 cm³/mol. The first-order valence-electron chi connectivity index (χ1n) is 4.85. The molecule has 0 aromatic heterocycles. The summed E-state index contributed by atoms with van der Waals surface area (Å²) in [5.74, 6) is 0.212. The van der Waals surface area contributed by atoms with Gasteiger partial charge in [0.05, 0.1) is 6.61 Å². The van der Waals surface area contributed by atoms with Gasteiger partial charge in [0.25, 0.3) is 0 Å². The number of carbonyl (C=O) groups is 1. The van der Waals surface area contributed by atoms with E-state index in [1.807, 2.05) is 0 Å². The normalized spacial score (nSPS) is 19.8. The van der Waals surface area contributed by atoms with Gasteiger partial charge in [0, 0.05) is 5.92 Å². The van der Waals surface area contributed by atoms with Crippen molar-refractivity contribution in [1.82, 2.24) is 5.32 Å². The number of ether oxygens (including phenoxy) is 1. The Morgan fingerprint density at radius 1 is 1.62 bits per heavy atom. The fraction of sp³-hybridized carbons (Fsp3) is 0.889. The van der Waals surface area contributed by atoms with Gasteiger partial charge in [-0.3, -0.25) is 5.32 Å². The number of alkyl carbamates (subject to hydrolysis) is 1. The molecule has 0 aromatic rings. The number of amides is 1. The zero-order valence-corrected chi connectivity index (χ0v) is 7.95. The lowest BCUT2D eigenvalue weighted by molar-refractivity contribution is 0.0647. The summed E-state index contributed by atoms with van der Waals surface area (Å²) in [6, 6.07) is 0. The van der Waals surface area contributed by atoms with Crippen LogP contribution >= 0.6 is 0 Å². The quantitative estimate of drug-likeness (QED) is 0.653. The first-order valence-corrected chi connectivity index (χ1v) is 4.85. The molecule has 0 saturated heterocycles. The predicted octanol–water partition coefficient (Wildman–Crippen LogP) is 1.24. The summed E-state index contributed by atoms with van der Waals surface area (Å²) in [6.07, 6.45) is 3.02. The summed E-state index contributed by atoms with van der Waals surface area (Å²) in [5.41, 5.74) is 0. The van der Waals surface area contributed by atoms with E-state index in [4.69, 9.17) is 0 Å². The van der Waals surface area contributed by atoms with Crippen molar-refractivity contribution in [3.05, 3.63) is 0 Å². The molecule has 0 radical (unpaired) electrons. The number of hydrogen-bond donors (Lipinski definition) is 2. The van der Waals surface area contributed by atoms with E-state index in [0.717, 1.165) is 25.7 Å². The van der Waals surface area contributed by atoms with Crippen LogP contribution < -0.4 is 5.32 Å². The number of aliphatic hydroxyl groups excluding tert-OH is 1. The van der Waals surface area contributed by atoms with E-state index in [2.05, 4.69) is 10.1 Å². The largest absolute Gasteiger partial charge is 0.450 e. The highest BCUT2D eigenvalue weighted by atomic mass is 16.5. The molecule has 1 aliphatic rings. The van der Waals surface area contributed by atoms with Crippen molar-refractivity contribution in [2.45, 2.75) is 38.8 Å². The summed E-state index contributed by atoms with van der Waals surface area (Å²) in [5, 5.41) is 12.0. The van der Waals surface area contributed by atoms with Gasteiger partial charge in [-0.15, -0.1) is 0 Å². The van der Waals surface area contributed by atoms with Gasteiger partial charge in [-0.2, -0.15) is 0 Å². The number of aliphatic hydroxyl groups is 1. The summed E-state index contributed by atoms with van der Waals surface area (Å²) in [7, 11) is 0. The van der Waals surface area contributed by atoms with E-state index in [9.17, 15) is 9.90 Å². The average Bonchev–Trinajstić information content (AvgIpc) is 2.55. The zero-order valence-electron chi connectivity index (χ0n) is 7.95. The summed E-state index contributed by atoms with van der Waals surface area (Å²) in [4.78, 5) is 10.9. The lowest BCUT2D eigenvalue weighted by atomic mass is 10.1. The highest BCUT2D eigenvalue weighted by Crippen LogP contribution is 2.26. The van der Waals surface area contributed by atoms with Crippen LogP contribution in [0.5, 0.6) is 0 Å². The molecule has 0 aliphatic heterocycles. The van der Waals surface area contributed by atoms with E-state index in [1.165, 1.54) is 0 Å². The van der Waals surface area contributed by atoms with Crippen LogP contribution in [0.25, 0.3) is 0 Å². The molecule has 0 aromatic carbocycles. The van der Waals surface area contributed by atoms with Crippen LogP contribution in [-0.2, 0) is 4.74 Å². The fourth-order valence-electron chi connectivity index (χ4n) is 1.68. The van der Waals surface area contributed by atoms with Gasteiger partial charge in [0.2, 0.25) is 0 Å². The third-order valence-electron chi connectivity index (χ3n) is 2.39. The lowest BCUT2D eigenvalue weighted by Crippen LogP contribution is -2.39. The number of carbonyl (C=O) groups excluding carboxylic acids is 1. The smallest absolute Gasteiger partial charge is 0.409 e. The molecule has 1 unspecified atom stereocenters. The monoisotopic (exact) mass is 187 g/mol. The van der Waals surface area contributed by atoms with Crippen LogP contribution in [0.3, 0.4) is 0 Å². The van der Waals surface area contributed by atoms with Crippen molar-refractivity contribution in [2.75, 3.05) is 6.61 Å². The SMILES string of the molecule is CCOC(=O)NC(O)C1CCCC1. The third-order valence-corrected chi connectivity index (χ3v) is 2.39. The molecule has 4 nitrogen and oxygen atoms in total. The average molecular weight is 187 g/mol. The van der Waals surface area contributed by atoms with Crippen LogP contribution in [0.2, 0.25) is 0 Å². The Morgan fingerprint density at radius 2 is 2.23 bits per heavy atom. The molecule has 1 amide bonds. The lowest BCUT2D eigenvalue weighted by Gasteiger charge is -2.18. The van der Waals surface area contributed by atoms with Crippen molar-refractivity contribution in [1.29, 1.82) is 0 Å². The second kappa shape index (κ2) is 5.07. The van der Waals surface area contributed by atoms with Gasteiger partial charge in [0.15, 0.2) is 0 Å². The molecule has 76 valence electrons. The Balaban J connectivity index is 2.22. The van der Waals surface area contributed by atoms with Crippen LogP contribution in [0.1, 0.15) is 32.6 Å². The summed E-state index contributed by atoms with van der Waals surface area (Å²) < 4.78 is 4.66. The molecule has 1 aliphatic carbocycles. The van der Waals surface area contributed by atoms with E-state index < -0.39 is 12.3 Å². The van der Waals surface area contributed by atoms with Crippen LogP contribution in [0.15, 0.2) is 0 Å². The molecule has 0 bridgehead atoms. The van der Waals surface area contributed by atoms with Crippen LogP contribution in [-0.4, -0.2) is 24.0 Å². The maximum Gasteiger partial charge on any atom is 0.409 e. The highest BCUT2D eigenvalue weighted by Gasteiger charge is 2.24. The molecular weight excluding hydrogens is 170 g/mol. The van der Waals surface area contributed by atoms with Crippen molar-refractivity contribution >= 4 is 6.09 Å². The highest BCUT2D eigenvalue weighted by molar-refractivity contribution is 5.67. The van der Waals surface area contributed by atoms with Crippen LogP contribution in [0.4, 0.5) is 4.79 Å². The van der Waals surface area contributed by atoms with E-state index in [1.54, 1.807) is 6.92 Å². The van der Waals surface area contributed by atoms with Crippen molar-refractivity contribution in [3.8, 4) is 0 Å². The first-order chi connectivity index (χ1) is 6.24. The number of nitrogens with one attached hydrogen (secondary N) is 1. The van der Waals surface area contributed by atoms with Crippen LogP contribution in [0, 0.1) is 5.92 Å². The van der Waals surface area contributed by atoms with E-state index in [-0.39, 0.29) is 5.92 Å². The Labute approximate surface area is 78.3 Å². The minimum absolute atomic E-state index is 0.212. The van der Waals surface area contributed by atoms with E-state index >= 15 is 0 Å². The van der Waals surface area contributed by atoms with E-state index in [0.29, 0.717) is 6.61 Å². The van der Waals surface area contributed by atoms with Gasteiger partial charge in [-0.1, -0.05) is 12.8 Å². The molecule has 4 heteroatoms. The Kier molecular flexibility index (Phi) is 4.02. The molecule has 2 N–H and O–H groups in total. The van der Waals surface area contributed by atoms with Gasteiger partial charge in [-0.05, 0) is 19.8 Å². The molecule has 13 heavy (non-hydrogen) atoms. The zero-order chi connectivity index (χ0) is 9.68. The summed E-state index contributed by atoms with van der Waals surface area (Å²) in [6.45, 7) is 2.07. The van der Waals surface area contributed by atoms with Gasteiger partial charge in [0.1, 0.15) is 6.23 Å². The number of hydrogen-bond acceptors (Lipinski definition) is 3. The molecule has 1 saturated carbocycles. The van der Waals surface area contributed by atoms with Crippen molar-refractivity contribution in [3.63, 3.8) is 0 Å². The first kappa shape index (κ1) is 10.3. The minimum atomic E-state index is -0.735. The second-order valence-electron chi connectivity index (χ2n) is 3.35. The van der Waals surface area contributed by atoms with Gasteiger partial charge < -0.3 is 9.84 Å². The second-order valence-corrected chi connectivity index (χ2v) is 3.35. The Bertz CT molecular complexity index is 166. The molecule has 1 atom stereocenters. The fourth-order valence-corrected chi connectivity index (χ4v) is 1.68. The Morgan fingerprint density at radius 3 is 2.77 bits per heavy atom. The third kappa shape index (κ3) is 3.22. The van der Waals surface area contributed by atoms with Gasteiger partial charge in [-0.25, -0.2) is 4.79 Å². The maximum absolute atomic E-state index is 10.9. The van der Waals surface area contributed by atoms with Crippen molar-refractivity contribution < 1.29 is 14.6 Å². The number of rotatable bonds is 3. The molecule has 1 fully saturated rings. The molecular formula is C9H17NO3. The molecule has 1 rings (SSSR count). The van der Waals surface area contributed by atoms with Crippen molar-refractivity contribution in [2.24, 2.45) is 5.92 Å². The van der Waals surface area contributed by atoms with Gasteiger partial charge >= 0.3 is 6.09 Å².